The number of hydrogen-bond acceptors (Lipinski definition) is 5. The number of ether oxygens (including phenoxy) is 1. The van der Waals surface area contributed by atoms with Gasteiger partial charge in [0.2, 0.25) is 0 Å². The fraction of sp³-hybridized carbons (Fsp3) is 0.273. The molecule has 3 aromatic rings. The van der Waals surface area contributed by atoms with Crippen molar-refractivity contribution in [3.63, 3.8) is 0 Å². The molecule has 2 aromatic heterocycles. The number of carbonyl (C=O) groups excluding carboxylic acids is 1. The molecule has 0 unspecified atom stereocenters. The molecule has 140 valence electrons. The van der Waals surface area contributed by atoms with Gasteiger partial charge in [-0.2, -0.15) is 0 Å². The Kier molecular flexibility index (Phi) is 4.13. The van der Waals surface area contributed by atoms with Gasteiger partial charge in [0, 0.05) is 48.4 Å². The van der Waals surface area contributed by atoms with E-state index in [2.05, 4.69) is 9.97 Å². The Hall–Kier alpha value is -3.12. The molecule has 0 radical (unpaired) electrons. The standard InChI is InChI=1S/C22H20N4O2/c27-21(16-5-2-1-3-6-16)26-10-8-22(14-26)15-28-13-18-12-24-20(25-19(18)22)17-7-4-9-23-11-17/h1-7,9,11-12H,8,10,13-15H2/t22-/m0/s1. The number of pyridine rings is 1. The average molecular weight is 372 g/mol. The van der Waals surface area contributed by atoms with E-state index in [0.717, 1.165) is 28.8 Å². The van der Waals surface area contributed by atoms with E-state index in [1.54, 1.807) is 12.4 Å². The zero-order chi connectivity index (χ0) is 19.0. The number of aromatic nitrogens is 3. The maximum Gasteiger partial charge on any atom is 0.253 e. The first kappa shape index (κ1) is 17.0. The van der Waals surface area contributed by atoms with E-state index in [1.807, 2.05) is 53.6 Å². The van der Waals surface area contributed by atoms with Crippen molar-refractivity contribution in [3.05, 3.63) is 77.9 Å². The van der Waals surface area contributed by atoms with Crippen LogP contribution in [0.5, 0.6) is 0 Å². The van der Waals surface area contributed by atoms with Gasteiger partial charge in [0.05, 0.1) is 24.3 Å². The second-order valence-electron chi connectivity index (χ2n) is 7.43. The minimum atomic E-state index is -0.280. The molecule has 1 aromatic carbocycles. The molecule has 6 nitrogen and oxygen atoms in total. The van der Waals surface area contributed by atoms with Crippen LogP contribution < -0.4 is 0 Å². The third-order valence-electron chi connectivity index (χ3n) is 5.58. The number of nitrogens with zero attached hydrogens (tertiary/aromatic N) is 4. The summed E-state index contributed by atoms with van der Waals surface area (Å²) in [6, 6.07) is 13.3. The average Bonchev–Trinajstić information content (AvgIpc) is 3.19. The van der Waals surface area contributed by atoms with Gasteiger partial charge in [-0.1, -0.05) is 18.2 Å². The van der Waals surface area contributed by atoms with Crippen molar-refractivity contribution in [1.82, 2.24) is 19.9 Å². The van der Waals surface area contributed by atoms with Crippen LogP contribution in [-0.2, 0) is 16.8 Å². The SMILES string of the molecule is O=C(c1ccccc1)N1CC[C@@]2(COCc3cnc(-c4cccnc4)nc32)C1. The first-order chi connectivity index (χ1) is 13.8. The summed E-state index contributed by atoms with van der Waals surface area (Å²) in [6.07, 6.45) is 6.20. The highest BCUT2D eigenvalue weighted by atomic mass is 16.5. The van der Waals surface area contributed by atoms with Crippen LogP contribution >= 0.6 is 0 Å². The number of hydrogen-bond donors (Lipinski definition) is 0. The maximum atomic E-state index is 12.9. The van der Waals surface area contributed by atoms with Crippen LogP contribution in [-0.4, -0.2) is 45.5 Å². The molecule has 1 saturated heterocycles. The van der Waals surface area contributed by atoms with Crippen LogP contribution in [0.15, 0.2) is 61.1 Å². The zero-order valence-corrected chi connectivity index (χ0v) is 15.4. The van der Waals surface area contributed by atoms with Crippen LogP contribution in [0, 0.1) is 0 Å². The van der Waals surface area contributed by atoms with E-state index in [-0.39, 0.29) is 11.3 Å². The summed E-state index contributed by atoms with van der Waals surface area (Å²) < 4.78 is 5.88. The van der Waals surface area contributed by atoms with Crippen molar-refractivity contribution >= 4 is 5.91 Å². The highest BCUT2D eigenvalue weighted by Gasteiger charge is 2.46. The maximum absolute atomic E-state index is 12.9. The van der Waals surface area contributed by atoms with Gasteiger partial charge >= 0.3 is 0 Å². The molecule has 1 spiro atoms. The van der Waals surface area contributed by atoms with Crippen molar-refractivity contribution in [1.29, 1.82) is 0 Å². The van der Waals surface area contributed by atoms with Gasteiger partial charge in [-0.25, -0.2) is 9.97 Å². The second-order valence-corrected chi connectivity index (χ2v) is 7.43. The highest BCUT2D eigenvalue weighted by molar-refractivity contribution is 5.94. The lowest BCUT2D eigenvalue weighted by Crippen LogP contribution is -2.41. The zero-order valence-electron chi connectivity index (χ0n) is 15.4. The van der Waals surface area contributed by atoms with Gasteiger partial charge < -0.3 is 9.64 Å². The van der Waals surface area contributed by atoms with Gasteiger partial charge in [-0.3, -0.25) is 9.78 Å². The summed E-state index contributed by atoms with van der Waals surface area (Å²) in [5.41, 5.74) is 3.35. The van der Waals surface area contributed by atoms with Crippen LogP contribution in [0.2, 0.25) is 0 Å². The van der Waals surface area contributed by atoms with Crippen molar-refractivity contribution in [3.8, 4) is 11.4 Å². The lowest BCUT2D eigenvalue weighted by Gasteiger charge is -2.34. The quantitative estimate of drug-likeness (QED) is 0.692. The number of likely N-dealkylation sites (tertiary alicyclic amines) is 1. The van der Waals surface area contributed by atoms with Crippen LogP contribution in [0.3, 0.4) is 0 Å². The second kappa shape index (κ2) is 6.80. The fourth-order valence-electron chi connectivity index (χ4n) is 4.15. The minimum Gasteiger partial charge on any atom is -0.376 e. The molecule has 5 rings (SSSR count). The van der Waals surface area contributed by atoms with Gasteiger partial charge in [0.25, 0.3) is 5.91 Å². The highest BCUT2D eigenvalue weighted by Crippen LogP contribution is 2.39. The predicted molar refractivity (Wildman–Crippen MR) is 104 cm³/mol. The molecule has 0 N–H and O–H groups in total. The summed E-state index contributed by atoms with van der Waals surface area (Å²) in [4.78, 5) is 28.4. The molecule has 1 atom stereocenters. The smallest absolute Gasteiger partial charge is 0.253 e. The molecule has 0 aliphatic carbocycles. The van der Waals surface area contributed by atoms with Gasteiger partial charge in [-0.05, 0) is 30.7 Å². The first-order valence-electron chi connectivity index (χ1n) is 9.44. The van der Waals surface area contributed by atoms with Gasteiger partial charge in [-0.15, -0.1) is 0 Å². The Morgan fingerprint density at radius 2 is 2.00 bits per heavy atom. The largest absolute Gasteiger partial charge is 0.376 e. The Bertz CT molecular complexity index is 1010. The first-order valence-corrected chi connectivity index (χ1v) is 9.44. The molecular formula is C22H20N4O2. The molecule has 0 saturated carbocycles. The normalized spacial score (nSPS) is 20.9. The summed E-state index contributed by atoms with van der Waals surface area (Å²) in [7, 11) is 0. The third-order valence-corrected chi connectivity index (χ3v) is 5.58. The van der Waals surface area contributed by atoms with E-state index in [9.17, 15) is 4.79 Å². The number of benzene rings is 1. The van der Waals surface area contributed by atoms with Gasteiger partial charge in [0.1, 0.15) is 0 Å². The van der Waals surface area contributed by atoms with Crippen molar-refractivity contribution in [2.75, 3.05) is 19.7 Å². The number of rotatable bonds is 2. The molecule has 2 aliphatic heterocycles. The lowest BCUT2D eigenvalue weighted by atomic mass is 9.80. The lowest BCUT2D eigenvalue weighted by molar-refractivity contribution is 0.0485. The molecule has 28 heavy (non-hydrogen) atoms. The van der Waals surface area contributed by atoms with Crippen LogP contribution in [0.4, 0.5) is 0 Å². The predicted octanol–water partition coefficient (Wildman–Crippen LogP) is 2.85. The summed E-state index contributed by atoms with van der Waals surface area (Å²) >= 11 is 0. The topological polar surface area (TPSA) is 68.2 Å². The van der Waals surface area contributed by atoms with Crippen LogP contribution in [0.25, 0.3) is 11.4 Å². The third kappa shape index (κ3) is 2.86. The molecule has 1 amide bonds. The molecule has 6 heteroatoms. The fourth-order valence-corrected chi connectivity index (χ4v) is 4.15. The Morgan fingerprint density at radius 1 is 1.11 bits per heavy atom. The van der Waals surface area contributed by atoms with E-state index in [1.165, 1.54) is 0 Å². The van der Waals surface area contributed by atoms with Crippen molar-refractivity contribution in [2.45, 2.75) is 18.4 Å². The summed E-state index contributed by atoms with van der Waals surface area (Å²) in [5, 5.41) is 0. The number of fused-ring (bicyclic) bond motifs is 2. The Labute approximate surface area is 163 Å². The van der Waals surface area contributed by atoms with E-state index in [4.69, 9.17) is 9.72 Å². The Morgan fingerprint density at radius 3 is 2.82 bits per heavy atom. The minimum absolute atomic E-state index is 0.0612. The van der Waals surface area contributed by atoms with Crippen molar-refractivity contribution < 1.29 is 9.53 Å². The monoisotopic (exact) mass is 372 g/mol. The summed E-state index contributed by atoms with van der Waals surface area (Å²) in [5.74, 6) is 0.729. The number of carbonyl (C=O) groups is 1. The number of amides is 1. The van der Waals surface area contributed by atoms with E-state index >= 15 is 0 Å². The van der Waals surface area contributed by atoms with E-state index in [0.29, 0.717) is 32.1 Å². The Balaban J connectivity index is 1.48. The van der Waals surface area contributed by atoms with E-state index < -0.39 is 0 Å². The summed E-state index contributed by atoms with van der Waals surface area (Å²) in [6.45, 7) is 2.39. The van der Waals surface area contributed by atoms with Crippen molar-refractivity contribution in [2.24, 2.45) is 0 Å². The van der Waals surface area contributed by atoms with Crippen LogP contribution in [0.1, 0.15) is 28.0 Å². The molecule has 2 aliphatic rings. The molecule has 0 bridgehead atoms. The van der Waals surface area contributed by atoms with Gasteiger partial charge in [0.15, 0.2) is 5.82 Å². The molecule has 1 fully saturated rings. The molecular weight excluding hydrogens is 352 g/mol. The molecule has 4 heterocycles.